The van der Waals surface area contributed by atoms with Crippen molar-refractivity contribution in [1.82, 2.24) is 9.97 Å². The van der Waals surface area contributed by atoms with Crippen molar-refractivity contribution in [2.45, 2.75) is 69.2 Å². The van der Waals surface area contributed by atoms with Crippen LogP contribution in [-0.4, -0.2) is 39.2 Å². The summed E-state index contributed by atoms with van der Waals surface area (Å²) in [6.45, 7) is 0.589. The van der Waals surface area contributed by atoms with Crippen molar-refractivity contribution in [3.8, 4) is 11.1 Å². The van der Waals surface area contributed by atoms with E-state index in [0.29, 0.717) is 24.6 Å². The molecule has 1 saturated carbocycles. The number of pyridine rings is 1. The van der Waals surface area contributed by atoms with Crippen molar-refractivity contribution in [3.63, 3.8) is 0 Å². The van der Waals surface area contributed by atoms with Crippen molar-refractivity contribution in [1.29, 1.82) is 0 Å². The Morgan fingerprint density at radius 2 is 1.85 bits per heavy atom. The van der Waals surface area contributed by atoms with Gasteiger partial charge in [-0.2, -0.15) is 0 Å². The van der Waals surface area contributed by atoms with E-state index < -0.39 is 5.97 Å². The van der Waals surface area contributed by atoms with E-state index in [0.717, 1.165) is 47.7 Å². The van der Waals surface area contributed by atoms with Gasteiger partial charge in [0.05, 0.1) is 18.3 Å². The number of aromatic carboxylic acids is 1. The molecular formula is C27H28ClN3O3. The Morgan fingerprint density at radius 3 is 2.50 bits per heavy atom. The Kier molecular flexibility index (Phi) is 5.58. The predicted molar refractivity (Wildman–Crippen MR) is 132 cm³/mol. The van der Waals surface area contributed by atoms with E-state index >= 15 is 0 Å². The topological polar surface area (TPSA) is 78.5 Å². The van der Waals surface area contributed by atoms with Crippen LogP contribution in [0.5, 0.6) is 0 Å². The van der Waals surface area contributed by atoms with E-state index in [4.69, 9.17) is 21.4 Å². The van der Waals surface area contributed by atoms with Crippen LogP contribution in [0.3, 0.4) is 0 Å². The van der Waals surface area contributed by atoms with Crippen molar-refractivity contribution in [2.75, 3.05) is 4.90 Å². The third kappa shape index (κ3) is 3.99. The lowest BCUT2D eigenvalue weighted by molar-refractivity contribution is 0.0149. The summed E-state index contributed by atoms with van der Waals surface area (Å²) in [5, 5.41) is 9.92. The SMILES string of the molecule is O=C(O)c1ccc(N2C3CCC2CC(OCc2c(-c4ccccc4Cl)c[nH]c2C2CC2)C3)nc1. The molecule has 0 radical (unpaired) electrons. The first-order chi connectivity index (χ1) is 16.6. The molecule has 34 heavy (non-hydrogen) atoms. The molecule has 176 valence electrons. The molecular weight excluding hydrogens is 450 g/mol. The van der Waals surface area contributed by atoms with Crippen molar-refractivity contribution < 1.29 is 14.6 Å². The van der Waals surface area contributed by atoms with E-state index in [-0.39, 0.29) is 11.7 Å². The molecule has 2 atom stereocenters. The van der Waals surface area contributed by atoms with E-state index in [9.17, 15) is 4.79 Å². The minimum Gasteiger partial charge on any atom is -0.478 e. The molecule has 2 N–H and O–H groups in total. The zero-order valence-electron chi connectivity index (χ0n) is 18.9. The van der Waals surface area contributed by atoms with Gasteiger partial charge in [0.25, 0.3) is 0 Å². The number of aromatic nitrogens is 2. The first kappa shape index (κ1) is 21.7. The van der Waals surface area contributed by atoms with E-state index in [1.54, 1.807) is 6.07 Å². The van der Waals surface area contributed by atoms with Gasteiger partial charge in [-0.05, 0) is 62.6 Å². The zero-order valence-corrected chi connectivity index (χ0v) is 19.7. The number of nitrogens with zero attached hydrogens (tertiary/aromatic N) is 2. The number of carboxylic acid groups (broad SMARTS) is 1. The number of halogens is 1. The predicted octanol–water partition coefficient (Wildman–Crippen LogP) is 6.02. The molecule has 1 aliphatic carbocycles. The molecule has 6 rings (SSSR count). The Labute approximate surface area is 203 Å². The Bertz CT molecular complexity index is 1190. The fourth-order valence-corrected chi connectivity index (χ4v) is 6.02. The van der Waals surface area contributed by atoms with E-state index in [2.05, 4.69) is 27.1 Å². The van der Waals surface area contributed by atoms with Gasteiger partial charge >= 0.3 is 5.97 Å². The van der Waals surface area contributed by atoms with Crippen LogP contribution in [0.25, 0.3) is 11.1 Å². The minimum absolute atomic E-state index is 0.202. The Morgan fingerprint density at radius 1 is 1.09 bits per heavy atom. The third-order valence-corrected chi connectivity index (χ3v) is 7.91. The average molecular weight is 478 g/mol. The highest BCUT2D eigenvalue weighted by molar-refractivity contribution is 6.33. The number of aromatic amines is 1. The number of hydrogen-bond donors (Lipinski definition) is 2. The van der Waals surface area contributed by atoms with Crippen molar-refractivity contribution >= 4 is 23.4 Å². The van der Waals surface area contributed by atoms with Gasteiger partial charge in [0.1, 0.15) is 5.82 Å². The van der Waals surface area contributed by atoms with Gasteiger partial charge in [-0.15, -0.1) is 0 Å². The third-order valence-electron chi connectivity index (χ3n) is 7.58. The molecule has 1 aromatic carbocycles. The Balaban J connectivity index is 1.18. The van der Waals surface area contributed by atoms with E-state index in [1.807, 2.05) is 24.3 Å². The van der Waals surface area contributed by atoms with E-state index in [1.165, 1.54) is 30.3 Å². The Hall–Kier alpha value is -2.83. The zero-order chi connectivity index (χ0) is 23.2. The maximum absolute atomic E-state index is 11.2. The molecule has 4 heterocycles. The monoisotopic (exact) mass is 477 g/mol. The molecule has 7 heteroatoms. The molecule has 2 aromatic heterocycles. The van der Waals surface area contributed by atoms with Gasteiger partial charge in [-0.25, -0.2) is 9.78 Å². The normalized spacial score (nSPS) is 23.9. The van der Waals surface area contributed by atoms with Gasteiger partial charge in [-0.3, -0.25) is 0 Å². The summed E-state index contributed by atoms with van der Waals surface area (Å²) in [6, 6.07) is 12.3. The molecule has 0 spiro atoms. The number of H-pyrrole nitrogens is 1. The van der Waals surface area contributed by atoms with Crippen LogP contribution >= 0.6 is 11.6 Å². The summed E-state index contributed by atoms with van der Waals surface area (Å²) in [7, 11) is 0. The summed E-state index contributed by atoms with van der Waals surface area (Å²) in [5.41, 5.74) is 4.98. The smallest absolute Gasteiger partial charge is 0.337 e. The number of anilines is 1. The maximum Gasteiger partial charge on any atom is 0.337 e. The molecule has 0 amide bonds. The summed E-state index contributed by atoms with van der Waals surface area (Å²) in [6.07, 6.45) is 10.4. The molecule has 3 fully saturated rings. The van der Waals surface area contributed by atoms with Gasteiger partial charge in [-0.1, -0.05) is 29.8 Å². The number of carboxylic acids is 1. The van der Waals surface area contributed by atoms with Crippen LogP contribution in [0.4, 0.5) is 5.82 Å². The van der Waals surface area contributed by atoms with Crippen LogP contribution in [0, 0.1) is 0 Å². The van der Waals surface area contributed by atoms with Crippen LogP contribution in [0.15, 0.2) is 48.8 Å². The summed E-state index contributed by atoms with van der Waals surface area (Å²) >= 11 is 6.53. The fourth-order valence-electron chi connectivity index (χ4n) is 5.78. The highest BCUT2D eigenvalue weighted by Gasteiger charge is 2.42. The number of piperidine rings is 1. The number of benzene rings is 1. The molecule has 3 aliphatic rings. The molecule has 2 aliphatic heterocycles. The van der Waals surface area contributed by atoms with Gasteiger partial charge in [0.2, 0.25) is 0 Å². The lowest BCUT2D eigenvalue weighted by Gasteiger charge is -2.39. The standard InChI is InChI=1S/C27H28ClN3O3/c28-24-4-2-1-3-21(24)22-14-30-26(16-5-6-16)23(22)15-34-20-11-18-8-9-19(12-20)31(18)25-10-7-17(13-29-25)27(32)33/h1-4,7,10,13-14,16,18-20,30H,5-6,8-9,11-12,15H2,(H,32,33). The number of carbonyl (C=O) groups is 1. The molecule has 2 saturated heterocycles. The molecule has 2 bridgehead atoms. The van der Waals surface area contributed by atoms with Gasteiger partial charge in [0.15, 0.2) is 0 Å². The largest absolute Gasteiger partial charge is 0.478 e. The van der Waals surface area contributed by atoms with Gasteiger partial charge < -0.3 is 19.7 Å². The van der Waals surface area contributed by atoms with Crippen LogP contribution in [0.1, 0.15) is 66.1 Å². The quantitative estimate of drug-likeness (QED) is 0.435. The van der Waals surface area contributed by atoms with Crippen LogP contribution in [-0.2, 0) is 11.3 Å². The number of nitrogens with one attached hydrogen (secondary N) is 1. The minimum atomic E-state index is -0.944. The van der Waals surface area contributed by atoms with Gasteiger partial charge in [0, 0.05) is 51.9 Å². The molecule has 3 aromatic rings. The average Bonchev–Trinajstić information content (AvgIpc) is 3.55. The summed E-state index contributed by atoms with van der Waals surface area (Å²) < 4.78 is 6.58. The molecule has 2 unspecified atom stereocenters. The maximum atomic E-state index is 11.2. The van der Waals surface area contributed by atoms with Crippen molar-refractivity contribution in [3.05, 3.63) is 70.6 Å². The van der Waals surface area contributed by atoms with Crippen molar-refractivity contribution in [2.24, 2.45) is 0 Å². The number of fused-ring (bicyclic) bond motifs is 2. The highest BCUT2D eigenvalue weighted by Crippen LogP contribution is 2.45. The number of rotatable bonds is 7. The summed E-state index contributed by atoms with van der Waals surface area (Å²) in [5.74, 6) is 0.534. The number of hydrogen-bond acceptors (Lipinski definition) is 4. The van der Waals surface area contributed by atoms with Crippen LogP contribution < -0.4 is 4.90 Å². The first-order valence-corrected chi connectivity index (χ1v) is 12.5. The lowest BCUT2D eigenvalue weighted by Crippen LogP contribution is -2.46. The highest BCUT2D eigenvalue weighted by atomic mass is 35.5. The summed E-state index contributed by atoms with van der Waals surface area (Å²) in [4.78, 5) is 21.5. The van der Waals surface area contributed by atoms with Crippen LogP contribution in [0.2, 0.25) is 5.02 Å². The number of ether oxygens (including phenoxy) is 1. The second-order valence-electron chi connectivity index (χ2n) is 9.76. The second-order valence-corrected chi connectivity index (χ2v) is 10.2. The fraction of sp³-hybridized carbons (Fsp3) is 0.407. The lowest BCUT2D eigenvalue weighted by atomic mass is 9.98. The molecule has 6 nitrogen and oxygen atoms in total. The first-order valence-electron chi connectivity index (χ1n) is 12.1. The second kappa shape index (κ2) is 8.75.